The maximum absolute atomic E-state index is 11.8. The Labute approximate surface area is 105 Å². The molecule has 0 aromatic carbocycles. The summed E-state index contributed by atoms with van der Waals surface area (Å²) < 4.78 is 1.32. The number of nitrogens with one attached hydrogen (secondary N) is 1. The zero-order valence-electron chi connectivity index (χ0n) is 10.1. The second kappa shape index (κ2) is 5.53. The Morgan fingerprint density at radius 1 is 1.44 bits per heavy atom. The number of aromatic nitrogens is 1. The number of pyridine rings is 1. The summed E-state index contributed by atoms with van der Waals surface area (Å²) in [6, 6.07) is 3.08. The van der Waals surface area contributed by atoms with E-state index < -0.39 is 0 Å². The Hall–Kier alpha value is -2.04. The molecule has 18 heavy (non-hydrogen) atoms. The molecule has 1 atom stereocenters. The minimum Gasteiger partial charge on any atom is -0.398 e. The summed E-state index contributed by atoms with van der Waals surface area (Å²) in [4.78, 5) is 23.3. The van der Waals surface area contributed by atoms with Crippen molar-refractivity contribution in [3.63, 3.8) is 0 Å². The average Bonchev–Trinajstić information content (AvgIpc) is 2.35. The van der Waals surface area contributed by atoms with E-state index in [0.717, 1.165) is 19.3 Å². The molecule has 1 aromatic heterocycles. The number of nitrogens with zero attached hydrogens (tertiary/aromatic N) is 1. The predicted molar refractivity (Wildman–Crippen MR) is 70.0 cm³/mol. The molecule has 0 bridgehead atoms. The van der Waals surface area contributed by atoms with Crippen LogP contribution >= 0.6 is 0 Å². The van der Waals surface area contributed by atoms with Gasteiger partial charge in [-0.1, -0.05) is 12.2 Å². The molecule has 1 aliphatic carbocycles. The van der Waals surface area contributed by atoms with Crippen LogP contribution in [0.4, 0.5) is 5.69 Å². The van der Waals surface area contributed by atoms with Crippen molar-refractivity contribution in [1.82, 2.24) is 9.88 Å². The first-order valence-corrected chi connectivity index (χ1v) is 6.05. The molecule has 1 aliphatic rings. The zero-order valence-corrected chi connectivity index (χ0v) is 10.1. The molecule has 0 saturated carbocycles. The van der Waals surface area contributed by atoms with Crippen molar-refractivity contribution in [3.8, 4) is 0 Å². The molecule has 0 saturated heterocycles. The van der Waals surface area contributed by atoms with Crippen LogP contribution < -0.4 is 16.6 Å². The van der Waals surface area contributed by atoms with E-state index in [0.29, 0.717) is 5.69 Å². The van der Waals surface area contributed by atoms with Gasteiger partial charge in [-0.25, -0.2) is 0 Å². The van der Waals surface area contributed by atoms with E-state index in [1.165, 1.54) is 22.9 Å². The highest BCUT2D eigenvalue weighted by molar-refractivity contribution is 5.76. The SMILES string of the molecule is Nc1ccc(=O)n(CC(=O)NC2CC=CCC2)c1. The number of carbonyl (C=O) groups is 1. The summed E-state index contributed by atoms with van der Waals surface area (Å²) in [7, 11) is 0. The number of rotatable bonds is 3. The third-order valence-corrected chi connectivity index (χ3v) is 2.95. The Bertz CT molecular complexity index is 519. The first kappa shape index (κ1) is 12.4. The van der Waals surface area contributed by atoms with Crippen molar-refractivity contribution in [3.05, 3.63) is 40.8 Å². The molecular formula is C13H17N3O2. The van der Waals surface area contributed by atoms with E-state index in [-0.39, 0.29) is 24.1 Å². The summed E-state index contributed by atoms with van der Waals surface area (Å²) in [5.41, 5.74) is 5.84. The molecule has 5 nitrogen and oxygen atoms in total. The van der Waals surface area contributed by atoms with Crippen molar-refractivity contribution in [2.45, 2.75) is 31.8 Å². The normalized spacial score (nSPS) is 18.6. The topological polar surface area (TPSA) is 77.1 Å². The molecule has 96 valence electrons. The quantitative estimate of drug-likeness (QED) is 0.770. The van der Waals surface area contributed by atoms with E-state index in [4.69, 9.17) is 5.73 Å². The highest BCUT2D eigenvalue weighted by Crippen LogP contribution is 2.10. The first-order valence-electron chi connectivity index (χ1n) is 6.05. The van der Waals surface area contributed by atoms with Crippen molar-refractivity contribution >= 4 is 11.6 Å². The van der Waals surface area contributed by atoms with Gasteiger partial charge in [0.15, 0.2) is 0 Å². The fourth-order valence-electron chi connectivity index (χ4n) is 2.03. The third-order valence-electron chi connectivity index (χ3n) is 2.95. The number of anilines is 1. The standard InChI is InChI=1S/C13H17N3O2/c14-10-6-7-13(18)16(8-10)9-12(17)15-11-4-2-1-3-5-11/h1-2,6-8,11H,3-5,9,14H2,(H,15,17). The second-order valence-electron chi connectivity index (χ2n) is 4.48. The Morgan fingerprint density at radius 3 is 3.00 bits per heavy atom. The summed E-state index contributed by atoms with van der Waals surface area (Å²) in [6.45, 7) is 0.0179. The first-order chi connectivity index (χ1) is 8.65. The number of hydrogen-bond donors (Lipinski definition) is 2. The minimum atomic E-state index is -0.220. The molecule has 1 heterocycles. The van der Waals surface area contributed by atoms with Crippen LogP contribution in [-0.4, -0.2) is 16.5 Å². The average molecular weight is 247 g/mol. The van der Waals surface area contributed by atoms with E-state index in [1.807, 2.05) is 0 Å². The van der Waals surface area contributed by atoms with E-state index >= 15 is 0 Å². The molecule has 5 heteroatoms. The van der Waals surface area contributed by atoms with Gasteiger partial charge in [0.05, 0.1) is 0 Å². The maximum Gasteiger partial charge on any atom is 0.251 e. The smallest absolute Gasteiger partial charge is 0.251 e. The highest BCUT2D eigenvalue weighted by Gasteiger charge is 2.13. The molecule has 2 rings (SSSR count). The highest BCUT2D eigenvalue weighted by atomic mass is 16.2. The van der Waals surface area contributed by atoms with Gasteiger partial charge in [-0.05, 0) is 25.3 Å². The Kier molecular flexibility index (Phi) is 3.82. The number of hydrogen-bond acceptors (Lipinski definition) is 3. The summed E-state index contributed by atoms with van der Waals surface area (Å²) in [5, 5.41) is 2.92. The molecule has 3 N–H and O–H groups in total. The molecule has 1 unspecified atom stereocenters. The van der Waals surface area contributed by atoms with E-state index in [2.05, 4.69) is 17.5 Å². The fraction of sp³-hybridized carbons (Fsp3) is 0.385. The van der Waals surface area contributed by atoms with Crippen LogP contribution in [0, 0.1) is 0 Å². The lowest BCUT2D eigenvalue weighted by molar-refractivity contribution is -0.122. The molecule has 1 aromatic rings. The predicted octanol–water partition coefficient (Wildman–Crippen LogP) is 0.655. The van der Waals surface area contributed by atoms with Gasteiger partial charge in [-0.3, -0.25) is 9.59 Å². The monoisotopic (exact) mass is 247 g/mol. The molecule has 0 fully saturated rings. The number of carbonyl (C=O) groups excluding carboxylic acids is 1. The van der Waals surface area contributed by atoms with Gasteiger partial charge >= 0.3 is 0 Å². The molecule has 1 amide bonds. The van der Waals surface area contributed by atoms with E-state index in [1.54, 1.807) is 0 Å². The van der Waals surface area contributed by atoms with Crippen molar-refractivity contribution < 1.29 is 4.79 Å². The van der Waals surface area contributed by atoms with E-state index in [9.17, 15) is 9.59 Å². The number of nitrogen functional groups attached to an aromatic ring is 1. The van der Waals surface area contributed by atoms with Crippen molar-refractivity contribution in [1.29, 1.82) is 0 Å². The zero-order chi connectivity index (χ0) is 13.0. The third kappa shape index (κ3) is 3.23. The number of nitrogens with two attached hydrogens (primary N) is 1. The minimum absolute atomic E-state index is 0.0179. The van der Waals surface area contributed by atoms with Crippen molar-refractivity contribution in [2.75, 3.05) is 5.73 Å². The van der Waals surface area contributed by atoms with Gasteiger partial charge in [-0.2, -0.15) is 0 Å². The van der Waals surface area contributed by atoms with Crippen LogP contribution in [-0.2, 0) is 11.3 Å². The lowest BCUT2D eigenvalue weighted by Crippen LogP contribution is -2.39. The second-order valence-corrected chi connectivity index (χ2v) is 4.48. The summed E-state index contributed by atoms with van der Waals surface area (Å²) in [6.07, 6.45) is 8.48. The molecule has 0 radical (unpaired) electrons. The van der Waals surface area contributed by atoms with Crippen LogP contribution in [0.1, 0.15) is 19.3 Å². The Balaban J connectivity index is 1.96. The number of amides is 1. The fourth-order valence-corrected chi connectivity index (χ4v) is 2.03. The van der Waals surface area contributed by atoms with Gasteiger partial charge in [0.25, 0.3) is 5.56 Å². The lowest BCUT2D eigenvalue weighted by Gasteiger charge is -2.19. The lowest BCUT2D eigenvalue weighted by atomic mass is 10.0. The van der Waals surface area contributed by atoms with Gasteiger partial charge in [0.2, 0.25) is 5.91 Å². The molecule has 0 spiro atoms. The largest absolute Gasteiger partial charge is 0.398 e. The van der Waals surface area contributed by atoms with Gasteiger partial charge in [0.1, 0.15) is 6.54 Å². The summed E-state index contributed by atoms with van der Waals surface area (Å²) >= 11 is 0. The van der Waals surface area contributed by atoms with Crippen LogP contribution in [0.25, 0.3) is 0 Å². The van der Waals surface area contributed by atoms with Crippen LogP contribution in [0.2, 0.25) is 0 Å². The van der Waals surface area contributed by atoms with Crippen molar-refractivity contribution in [2.24, 2.45) is 0 Å². The van der Waals surface area contributed by atoms with Crippen LogP contribution in [0.15, 0.2) is 35.3 Å². The van der Waals surface area contributed by atoms with Gasteiger partial charge < -0.3 is 15.6 Å². The van der Waals surface area contributed by atoms with Crippen LogP contribution in [0.3, 0.4) is 0 Å². The molecular weight excluding hydrogens is 230 g/mol. The molecule has 0 aliphatic heterocycles. The maximum atomic E-state index is 11.8. The number of allylic oxidation sites excluding steroid dienone is 1. The van der Waals surface area contributed by atoms with Gasteiger partial charge in [0, 0.05) is 24.0 Å². The Morgan fingerprint density at radius 2 is 2.28 bits per heavy atom. The summed E-state index contributed by atoms with van der Waals surface area (Å²) in [5.74, 6) is -0.150. The van der Waals surface area contributed by atoms with Crippen LogP contribution in [0.5, 0.6) is 0 Å². The van der Waals surface area contributed by atoms with Gasteiger partial charge in [-0.15, -0.1) is 0 Å².